The second kappa shape index (κ2) is 7.77. The molecule has 4 nitrogen and oxygen atoms in total. The average molecular weight is 340 g/mol. The van der Waals surface area contributed by atoms with Crippen molar-refractivity contribution in [1.82, 2.24) is 9.88 Å². The Hall–Kier alpha value is -2.23. The Morgan fingerprint density at radius 2 is 1.96 bits per heavy atom. The van der Waals surface area contributed by atoms with Gasteiger partial charge in [0, 0.05) is 24.0 Å². The van der Waals surface area contributed by atoms with Gasteiger partial charge in [-0.25, -0.2) is 0 Å². The number of benzene rings is 1. The highest BCUT2D eigenvalue weighted by Gasteiger charge is 2.22. The largest absolute Gasteiger partial charge is 0.508 e. The normalized spacial score (nSPS) is 15.3. The lowest BCUT2D eigenvalue weighted by molar-refractivity contribution is 0.0953. The van der Waals surface area contributed by atoms with Gasteiger partial charge in [-0.3, -0.25) is 4.79 Å². The monoisotopic (exact) mass is 340 g/mol. The molecule has 4 heteroatoms. The zero-order valence-corrected chi connectivity index (χ0v) is 15.2. The maximum Gasteiger partial charge on any atom is 0.253 e. The van der Waals surface area contributed by atoms with E-state index in [9.17, 15) is 9.90 Å². The number of phenols is 1. The number of amides is 1. The lowest BCUT2D eigenvalue weighted by atomic mass is 9.95. The molecule has 3 rings (SSSR count). The number of rotatable bonds is 5. The van der Waals surface area contributed by atoms with Crippen molar-refractivity contribution in [1.29, 1.82) is 0 Å². The first kappa shape index (κ1) is 17.6. The summed E-state index contributed by atoms with van der Waals surface area (Å²) in [7, 11) is 0. The fourth-order valence-corrected chi connectivity index (χ4v) is 4.04. The van der Waals surface area contributed by atoms with Crippen LogP contribution in [0.3, 0.4) is 0 Å². The minimum atomic E-state index is -0.00434. The predicted octanol–water partition coefficient (Wildman–Crippen LogP) is 4.29. The zero-order chi connectivity index (χ0) is 17.8. The molecule has 0 aliphatic heterocycles. The van der Waals surface area contributed by atoms with Crippen molar-refractivity contribution in [2.45, 2.75) is 58.4 Å². The minimum absolute atomic E-state index is 0.00434. The third-order valence-electron chi connectivity index (χ3n) is 5.28. The Morgan fingerprint density at radius 3 is 2.68 bits per heavy atom. The van der Waals surface area contributed by atoms with Crippen molar-refractivity contribution in [3.8, 4) is 5.75 Å². The smallest absolute Gasteiger partial charge is 0.253 e. The van der Waals surface area contributed by atoms with Crippen LogP contribution in [0, 0.1) is 13.8 Å². The van der Waals surface area contributed by atoms with Crippen LogP contribution in [0.1, 0.15) is 65.5 Å². The van der Waals surface area contributed by atoms with Gasteiger partial charge in [-0.1, -0.05) is 31.4 Å². The molecule has 2 N–H and O–H groups in total. The Balaban J connectivity index is 1.64. The van der Waals surface area contributed by atoms with Gasteiger partial charge in [0.15, 0.2) is 0 Å². The van der Waals surface area contributed by atoms with E-state index in [4.69, 9.17) is 0 Å². The van der Waals surface area contributed by atoms with E-state index < -0.39 is 0 Å². The van der Waals surface area contributed by atoms with E-state index in [0.717, 1.165) is 16.8 Å². The molecule has 1 aromatic heterocycles. The summed E-state index contributed by atoms with van der Waals surface area (Å²) in [4.78, 5) is 12.6. The van der Waals surface area contributed by atoms with Crippen LogP contribution in [0.5, 0.6) is 5.75 Å². The van der Waals surface area contributed by atoms with Crippen molar-refractivity contribution in [2.75, 3.05) is 6.54 Å². The number of nitrogens with zero attached hydrogens (tertiary/aromatic N) is 1. The molecule has 0 spiro atoms. The van der Waals surface area contributed by atoms with E-state index in [1.807, 2.05) is 18.2 Å². The molecule has 25 heavy (non-hydrogen) atoms. The minimum Gasteiger partial charge on any atom is -0.508 e. The van der Waals surface area contributed by atoms with Crippen LogP contribution < -0.4 is 5.32 Å². The van der Waals surface area contributed by atoms with E-state index >= 15 is 0 Å². The number of aromatic hydroxyl groups is 1. The molecule has 1 heterocycles. The molecule has 0 unspecified atom stereocenters. The quantitative estimate of drug-likeness (QED) is 0.853. The number of aromatic nitrogens is 1. The Kier molecular flexibility index (Phi) is 5.47. The van der Waals surface area contributed by atoms with Crippen molar-refractivity contribution in [3.05, 3.63) is 52.8 Å². The van der Waals surface area contributed by atoms with Gasteiger partial charge in [0.1, 0.15) is 5.75 Å². The van der Waals surface area contributed by atoms with E-state index in [2.05, 4.69) is 23.7 Å². The van der Waals surface area contributed by atoms with Gasteiger partial charge in [0.25, 0.3) is 5.91 Å². The Bertz CT molecular complexity index is 742. The summed E-state index contributed by atoms with van der Waals surface area (Å²) in [6.07, 6.45) is 7.05. The summed E-state index contributed by atoms with van der Waals surface area (Å²) >= 11 is 0. The second-order valence-corrected chi connectivity index (χ2v) is 7.12. The fourth-order valence-electron chi connectivity index (χ4n) is 4.04. The molecular weight excluding hydrogens is 312 g/mol. The Labute approximate surface area is 149 Å². The highest BCUT2D eigenvalue weighted by Crippen LogP contribution is 2.32. The van der Waals surface area contributed by atoms with Crippen LogP contribution in [0.15, 0.2) is 30.3 Å². The lowest BCUT2D eigenvalue weighted by Crippen LogP contribution is -2.26. The van der Waals surface area contributed by atoms with Gasteiger partial charge in [-0.2, -0.15) is 0 Å². The molecule has 1 saturated carbocycles. The second-order valence-electron chi connectivity index (χ2n) is 7.12. The van der Waals surface area contributed by atoms with E-state index in [1.165, 1.54) is 37.8 Å². The third-order valence-corrected chi connectivity index (χ3v) is 5.28. The number of nitrogens with one attached hydrogen (secondary N) is 1. The third kappa shape index (κ3) is 4.06. The highest BCUT2D eigenvalue weighted by molar-refractivity contribution is 5.95. The SMILES string of the molecule is Cc1cc(C(=O)NCCc2cccc(O)c2)c(C)n1C1CCCCC1. The van der Waals surface area contributed by atoms with Crippen LogP contribution >= 0.6 is 0 Å². The average Bonchev–Trinajstić information content (AvgIpc) is 2.90. The molecule has 1 fully saturated rings. The maximum absolute atomic E-state index is 12.6. The summed E-state index contributed by atoms with van der Waals surface area (Å²) in [5.41, 5.74) is 4.08. The molecule has 0 bridgehead atoms. The number of carbonyl (C=O) groups is 1. The molecular formula is C21H28N2O2. The van der Waals surface area contributed by atoms with Crippen LogP contribution in [-0.2, 0) is 6.42 Å². The van der Waals surface area contributed by atoms with E-state index in [0.29, 0.717) is 19.0 Å². The fraction of sp³-hybridized carbons (Fsp3) is 0.476. The number of phenolic OH excluding ortho intramolecular Hbond substituents is 1. The molecule has 1 aromatic carbocycles. The summed E-state index contributed by atoms with van der Waals surface area (Å²) < 4.78 is 2.36. The zero-order valence-electron chi connectivity index (χ0n) is 15.2. The van der Waals surface area contributed by atoms with E-state index in [1.54, 1.807) is 12.1 Å². The van der Waals surface area contributed by atoms with Crippen molar-refractivity contribution < 1.29 is 9.90 Å². The van der Waals surface area contributed by atoms with Crippen LogP contribution in [0.2, 0.25) is 0 Å². The van der Waals surface area contributed by atoms with Gasteiger partial charge in [0.2, 0.25) is 0 Å². The number of carbonyl (C=O) groups excluding carboxylic acids is 1. The summed E-state index contributed by atoms with van der Waals surface area (Å²) in [6, 6.07) is 9.74. The van der Waals surface area contributed by atoms with Crippen molar-refractivity contribution in [3.63, 3.8) is 0 Å². The first-order valence-electron chi connectivity index (χ1n) is 9.31. The first-order valence-corrected chi connectivity index (χ1v) is 9.31. The Morgan fingerprint density at radius 1 is 1.20 bits per heavy atom. The van der Waals surface area contributed by atoms with Crippen molar-refractivity contribution >= 4 is 5.91 Å². The molecule has 0 radical (unpaired) electrons. The van der Waals surface area contributed by atoms with Crippen LogP contribution in [-0.4, -0.2) is 22.1 Å². The molecule has 134 valence electrons. The molecule has 0 saturated heterocycles. The predicted molar refractivity (Wildman–Crippen MR) is 100 cm³/mol. The van der Waals surface area contributed by atoms with Gasteiger partial charge in [0.05, 0.1) is 5.56 Å². The van der Waals surface area contributed by atoms with E-state index in [-0.39, 0.29) is 11.7 Å². The van der Waals surface area contributed by atoms with Gasteiger partial charge >= 0.3 is 0 Å². The highest BCUT2D eigenvalue weighted by atomic mass is 16.3. The lowest BCUT2D eigenvalue weighted by Gasteiger charge is -2.26. The van der Waals surface area contributed by atoms with Gasteiger partial charge in [-0.15, -0.1) is 0 Å². The first-order chi connectivity index (χ1) is 12.1. The summed E-state index contributed by atoms with van der Waals surface area (Å²) in [6.45, 7) is 4.73. The summed E-state index contributed by atoms with van der Waals surface area (Å²) in [5.74, 6) is 0.259. The number of aryl methyl sites for hydroxylation is 1. The molecule has 2 aromatic rings. The van der Waals surface area contributed by atoms with Crippen LogP contribution in [0.4, 0.5) is 0 Å². The number of hydrogen-bond acceptors (Lipinski definition) is 2. The van der Waals surface area contributed by atoms with Gasteiger partial charge in [-0.05, 0) is 56.9 Å². The number of hydrogen-bond donors (Lipinski definition) is 2. The standard InChI is InChI=1S/C21H28N2O2/c1-15-13-20(16(2)23(15)18-8-4-3-5-9-18)21(25)22-12-11-17-7-6-10-19(24)14-17/h6-7,10,13-14,18,24H,3-5,8-9,11-12H2,1-2H3,(H,22,25). The van der Waals surface area contributed by atoms with Gasteiger partial charge < -0.3 is 15.0 Å². The van der Waals surface area contributed by atoms with Crippen molar-refractivity contribution in [2.24, 2.45) is 0 Å². The molecule has 0 atom stereocenters. The molecule has 1 aliphatic carbocycles. The molecule has 1 aliphatic rings. The molecule has 1 amide bonds. The van der Waals surface area contributed by atoms with Crippen LogP contribution in [0.25, 0.3) is 0 Å². The topological polar surface area (TPSA) is 54.3 Å². The maximum atomic E-state index is 12.6. The summed E-state index contributed by atoms with van der Waals surface area (Å²) in [5, 5.41) is 12.5.